The molecule has 0 bridgehead atoms. The molecule has 0 spiro atoms. The first-order chi connectivity index (χ1) is 10.2. The Morgan fingerprint density at radius 2 is 1.95 bits per heavy atom. The molecule has 0 fully saturated rings. The summed E-state index contributed by atoms with van der Waals surface area (Å²) in [7, 11) is 0. The van der Waals surface area contributed by atoms with Crippen LogP contribution >= 0.6 is 27.3 Å². The first kappa shape index (κ1) is 16.0. The summed E-state index contributed by atoms with van der Waals surface area (Å²) < 4.78 is 6.47. The van der Waals surface area contributed by atoms with Gasteiger partial charge in [-0.25, -0.2) is 0 Å². The fraction of sp³-hybridized carbons (Fsp3) is 0.462. The van der Waals surface area contributed by atoms with Gasteiger partial charge in [-0.05, 0) is 40.7 Å². The van der Waals surface area contributed by atoms with Gasteiger partial charge in [-0.2, -0.15) is 15.0 Å². The van der Waals surface area contributed by atoms with Crippen molar-refractivity contribution in [3.63, 3.8) is 0 Å². The van der Waals surface area contributed by atoms with Crippen molar-refractivity contribution in [2.24, 2.45) is 0 Å². The molecule has 0 saturated heterocycles. The topological polar surface area (TPSA) is 72.0 Å². The summed E-state index contributed by atoms with van der Waals surface area (Å²) in [6.45, 7) is 5.98. The molecule has 0 amide bonds. The SMILES string of the molecule is CCCNc1nc(NCc2sccc2Br)nc(OCC)n1. The van der Waals surface area contributed by atoms with Crippen molar-refractivity contribution < 1.29 is 4.74 Å². The van der Waals surface area contributed by atoms with E-state index in [0.717, 1.165) is 17.4 Å². The Labute approximate surface area is 136 Å². The number of thiophene rings is 1. The van der Waals surface area contributed by atoms with Crippen LogP contribution in [0.1, 0.15) is 25.1 Å². The van der Waals surface area contributed by atoms with Gasteiger partial charge in [-0.1, -0.05) is 6.92 Å². The van der Waals surface area contributed by atoms with Crippen molar-refractivity contribution in [3.05, 3.63) is 20.8 Å². The third-order valence-corrected chi connectivity index (χ3v) is 4.45. The molecule has 2 heterocycles. The smallest absolute Gasteiger partial charge is 0.323 e. The van der Waals surface area contributed by atoms with Gasteiger partial charge in [0.25, 0.3) is 0 Å². The summed E-state index contributed by atoms with van der Waals surface area (Å²) >= 11 is 5.18. The summed E-state index contributed by atoms with van der Waals surface area (Å²) in [4.78, 5) is 14.0. The maximum absolute atomic E-state index is 5.38. The van der Waals surface area contributed by atoms with Crippen LogP contribution in [0.25, 0.3) is 0 Å². The van der Waals surface area contributed by atoms with Crippen LogP contribution in [0.4, 0.5) is 11.9 Å². The molecule has 0 aliphatic heterocycles. The van der Waals surface area contributed by atoms with Gasteiger partial charge in [0.2, 0.25) is 11.9 Å². The Hall–Kier alpha value is -1.41. The Bertz CT molecular complexity index is 577. The molecule has 6 nitrogen and oxygen atoms in total. The summed E-state index contributed by atoms with van der Waals surface area (Å²) in [5.74, 6) is 1.04. The van der Waals surface area contributed by atoms with Crippen LogP contribution < -0.4 is 15.4 Å². The van der Waals surface area contributed by atoms with E-state index in [9.17, 15) is 0 Å². The van der Waals surface area contributed by atoms with Crippen LogP contribution in [-0.2, 0) is 6.54 Å². The normalized spacial score (nSPS) is 10.4. The molecule has 2 aromatic rings. The zero-order chi connectivity index (χ0) is 15.1. The van der Waals surface area contributed by atoms with Gasteiger partial charge in [0.1, 0.15) is 0 Å². The maximum Gasteiger partial charge on any atom is 0.323 e. The highest BCUT2D eigenvalue weighted by atomic mass is 79.9. The minimum absolute atomic E-state index is 0.332. The lowest BCUT2D eigenvalue weighted by molar-refractivity contribution is 0.312. The average molecular weight is 372 g/mol. The molecule has 0 aliphatic carbocycles. The van der Waals surface area contributed by atoms with Gasteiger partial charge in [-0.3, -0.25) is 0 Å². The molecule has 0 saturated carbocycles. The van der Waals surface area contributed by atoms with Crippen molar-refractivity contribution in [1.82, 2.24) is 15.0 Å². The van der Waals surface area contributed by atoms with Gasteiger partial charge >= 0.3 is 6.01 Å². The minimum Gasteiger partial charge on any atom is -0.464 e. The Morgan fingerprint density at radius 1 is 1.19 bits per heavy atom. The quantitative estimate of drug-likeness (QED) is 0.739. The number of hydrogen-bond donors (Lipinski definition) is 2. The van der Waals surface area contributed by atoms with Crippen LogP contribution in [0, 0.1) is 0 Å². The van der Waals surface area contributed by atoms with Crippen molar-refractivity contribution >= 4 is 39.2 Å². The molecule has 2 aromatic heterocycles. The first-order valence-electron chi connectivity index (χ1n) is 6.81. The number of anilines is 2. The van der Waals surface area contributed by atoms with Crippen molar-refractivity contribution in [2.45, 2.75) is 26.8 Å². The second kappa shape index (κ2) is 8.14. The van der Waals surface area contributed by atoms with Gasteiger partial charge in [0.15, 0.2) is 0 Å². The molecule has 21 heavy (non-hydrogen) atoms. The van der Waals surface area contributed by atoms with Crippen LogP contribution in [0.2, 0.25) is 0 Å². The molecular formula is C13H18BrN5OS. The number of aromatic nitrogens is 3. The predicted octanol–water partition coefficient (Wildman–Crippen LogP) is 3.53. The minimum atomic E-state index is 0.332. The number of rotatable bonds is 8. The number of nitrogens with one attached hydrogen (secondary N) is 2. The second-order valence-electron chi connectivity index (χ2n) is 4.17. The summed E-state index contributed by atoms with van der Waals surface area (Å²) in [5, 5.41) is 8.39. The zero-order valence-corrected chi connectivity index (χ0v) is 14.4. The van der Waals surface area contributed by atoms with E-state index in [2.05, 4.69) is 48.4 Å². The fourth-order valence-corrected chi connectivity index (χ4v) is 2.99. The third kappa shape index (κ3) is 4.82. The molecule has 0 atom stereocenters. The molecule has 0 aromatic carbocycles. The van der Waals surface area contributed by atoms with E-state index in [0.29, 0.717) is 31.1 Å². The Kier molecular flexibility index (Phi) is 6.19. The molecular weight excluding hydrogens is 354 g/mol. The van der Waals surface area contributed by atoms with Crippen LogP contribution in [-0.4, -0.2) is 28.1 Å². The average Bonchev–Trinajstić information content (AvgIpc) is 2.88. The van der Waals surface area contributed by atoms with Gasteiger partial charge in [0.05, 0.1) is 13.2 Å². The van der Waals surface area contributed by atoms with E-state index in [1.165, 1.54) is 4.88 Å². The van der Waals surface area contributed by atoms with E-state index in [4.69, 9.17) is 4.74 Å². The molecule has 0 unspecified atom stereocenters. The number of ether oxygens (including phenoxy) is 1. The second-order valence-corrected chi connectivity index (χ2v) is 6.03. The monoisotopic (exact) mass is 371 g/mol. The Balaban J connectivity index is 2.09. The third-order valence-electron chi connectivity index (χ3n) is 2.52. The fourth-order valence-electron chi connectivity index (χ4n) is 1.56. The van der Waals surface area contributed by atoms with Gasteiger partial charge < -0.3 is 15.4 Å². The van der Waals surface area contributed by atoms with Crippen molar-refractivity contribution in [2.75, 3.05) is 23.8 Å². The number of nitrogens with zero attached hydrogens (tertiary/aromatic N) is 3. The standard InChI is InChI=1S/C13H18BrN5OS/c1-3-6-15-11-17-12(19-13(18-11)20-4-2)16-8-10-9(14)5-7-21-10/h5,7H,3-4,6,8H2,1-2H3,(H2,15,16,17,18,19). The van der Waals surface area contributed by atoms with Gasteiger partial charge in [0, 0.05) is 15.9 Å². The lowest BCUT2D eigenvalue weighted by Gasteiger charge is -2.09. The highest BCUT2D eigenvalue weighted by Gasteiger charge is 2.08. The lowest BCUT2D eigenvalue weighted by atomic mass is 10.5. The van der Waals surface area contributed by atoms with E-state index < -0.39 is 0 Å². The molecule has 0 radical (unpaired) electrons. The van der Waals surface area contributed by atoms with Crippen molar-refractivity contribution in [1.29, 1.82) is 0 Å². The van der Waals surface area contributed by atoms with Crippen molar-refractivity contribution in [3.8, 4) is 6.01 Å². The molecule has 2 rings (SSSR count). The number of halogens is 1. The molecule has 0 aliphatic rings. The lowest BCUT2D eigenvalue weighted by Crippen LogP contribution is -2.11. The first-order valence-corrected chi connectivity index (χ1v) is 8.48. The summed E-state index contributed by atoms with van der Waals surface area (Å²) in [5.41, 5.74) is 0. The Morgan fingerprint density at radius 3 is 2.57 bits per heavy atom. The molecule has 2 N–H and O–H groups in total. The van der Waals surface area contributed by atoms with E-state index in [1.807, 2.05) is 18.4 Å². The largest absolute Gasteiger partial charge is 0.464 e. The molecule has 8 heteroatoms. The van der Waals surface area contributed by atoms with Crippen LogP contribution in [0.5, 0.6) is 6.01 Å². The van der Waals surface area contributed by atoms with Crippen LogP contribution in [0.3, 0.4) is 0 Å². The summed E-state index contributed by atoms with van der Waals surface area (Å²) in [6.07, 6.45) is 1.00. The van der Waals surface area contributed by atoms with E-state index in [-0.39, 0.29) is 0 Å². The van der Waals surface area contributed by atoms with E-state index in [1.54, 1.807) is 11.3 Å². The maximum atomic E-state index is 5.38. The van der Waals surface area contributed by atoms with E-state index >= 15 is 0 Å². The zero-order valence-electron chi connectivity index (χ0n) is 12.0. The highest BCUT2D eigenvalue weighted by molar-refractivity contribution is 9.10. The summed E-state index contributed by atoms with van der Waals surface area (Å²) in [6, 6.07) is 2.36. The highest BCUT2D eigenvalue weighted by Crippen LogP contribution is 2.23. The predicted molar refractivity (Wildman–Crippen MR) is 89.1 cm³/mol. The molecule has 114 valence electrons. The van der Waals surface area contributed by atoms with Gasteiger partial charge in [-0.15, -0.1) is 11.3 Å². The van der Waals surface area contributed by atoms with Crippen LogP contribution in [0.15, 0.2) is 15.9 Å². The number of hydrogen-bond acceptors (Lipinski definition) is 7.